The number of aryl methyl sites for hydroxylation is 1. The molecule has 2 aliphatic rings. The van der Waals surface area contributed by atoms with E-state index in [2.05, 4.69) is 18.5 Å². The van der Waals surface area contributed by atoms with Crippen molar-refractivity contribution in [3.8, 4) is 0 Å². The summed E-state index contributed by atoms with van der Waals surface area (Å²) in [5.41, 5.74) is 3.92. The third kappa shape index (κ3) is 2.56. The molecule has 2 aliphatic heterocycles. The molecule has 0 spiro atoms. The standard InChI is InChI=1S/C15H24N2O2/c1-11-15(13-6-9-18-10-7-13)12(2)17(16-11)14-5-3-4-8-19-14/h13-14H,3-10H2,1-2H3. The van der Waals surface area contributed by atoms with E-state index >= 15 is 0 Å². The molecular weight excluding hydrogens is 240 g/mol. The lowest BCUT2D eigenvalue weighted by Crippen LogP contribution is -2.21. The van der Waals surface area contributed by atoms with Gasteiger partial charge in [0.25, 0.3) is 0 Å². The van der Waals surface area contributed by atoms with Crippen LogP contribution in [0.1, 0.15) is 61.2 Å². The van der Waals surface area contributed by atoms with Gasteiger partial charge in [-0.1, -0.05) is 0 Å². The van der Waals surface area contributed by atoms with E-state index in [4.69, 9.17) is 14.6 Å². The van der Waals surface area contributed by atoms with Crippen LogP contribution in [0.25, 0.3) is 0 Å². The van der Waals surface area contributed by atoms with E-state index in [0.717, 1.165) is 39.1 Å². The van der Waals surface area contributed by atoms with E-state index in [0.29, 0.717) is 5.92 Å². The molecule has 0 aliphatic carbocycles. The SMILES string of the molecule is Cc1nn(C2CCCCO2)c(C)c1C1CCOCC1. The number of aromatic nitrogens is 2. The van der Waals surface area contributed by atoms with Crippen LogP contribution in [0.4, 0.5) is 0 Å². The molecular formula is C15H24N2O2. The third-order valence-electron chi connectivity index (χ3n) is 4.44. The second-order valence-corrected chi connectivity index (χ2v) is 5.74. The average Bonchev–Trinajstić information content (AvgIpc) is 2.76. The molecule has 0 bridgehead atoms. The molecule has 2 saturated heterocycles. The van der Waals surface area contributed by atoms with Gasteiger partial charge in [0.15, 0.2) is 0 Å². The van der Waals surface area contributed by atoms with Crippen LogP contribution in [-0.2, 0) is 9.47 Å². The Kier molecular flexibility index (Phi) is 3.89. The molecule has 106 valence electrons. The van der Waals surface area contributed by atoms with Crippen molar-refractivity contribution in [1.29, 1.82) is 0 Å². The fourth-order valence-corrected chi connectivity index (χ4v) is 3.45. The quantitative estimate of drug-likeness (QED) is 0.823. The number of ether oxygens (including phenoxy) is 2. The lowest BCUT2D eigenvalue weighted by atomic mass is 9.90. The van der Waals surface area contributed by atoms with Gasteiger partial charge in [-0.05, 0) is 57.4 Å². The van der Waals surface area contributed by atoms with Crippen molar-refractivity contribution < 1.29 is 9.47 Å². The summed E-state index contributed by atoms with van der Waals surface area (Å²) >= 11 is 0. The molecule has 0 aromatic carbocycles. The van der Waals surface area contributed by atoms with Crippen molar-refractivity contribution in [2.24, 2.45) is 0 Å². The van der Waals surface area contributed by atoms with Crippen LogP contribution in [-0.4, -0.2) is 29.6 Å². The zero-order valence-electron chi connectivity index (χ0n) is 12.0. The zero-order valence-corrected chi connectivity index (χ0v) is 12.0. The van der Waals surface area contributed by atoms with Crippen LogP contribution >= 0.6 is 0 Å². The predicted molar refractivity (Wildman–Crippen MR) is 73.3 cm³/mol. The van der Waals surface area contributed by atoms with Gasteiger partial charge in [-0.2, -0.15) is 5.10 Å². The Bertz CT molecular complexity index is 430. The van der Waals surface area contributed by atoms with Crippen molar-refractivity contribution in [2.45, 2.75) is 58.1 Å². The summed E-state index contributed by atoms with van der Waals surface area (Å²) in [7, 11) is 0. The summed E-state index contributed by atoms with van der Waals surface area (Å²) in [5, 5.41) is 4.76. The second kappa shape index (κ2) is 5.63. The number of hydrogen-bond donors (Lipinski definition) is 0. The molecule has 4 nitrogen and oxygen atoms in total. The van der Waals surface area contributed by atoms with Gasteiger partial charge in [-0.3, -0.25) is 0 Å². The van der Waals surface area contributed by atoms with Crippen molar-refractivity contribution in [2.75, 3.05) is 19.8 Å². The molecule has 4 heteroatoms. The predicted octanol–water partition coefficient (Wildman–Crippen LogP) is 3.09. The first-order chi connectivity index (χ1) is 9.27. The normalized spacial score (nSPS) is 25.7. The van der Waals surface area contributed by atoms with E-state index < -0.39 is 0 Å². The van der Waals surface area contributed by atoms with Gasteiger partial charge in [0.1, 0.15) is 6.23 Å². The Hall–Kier alpha value is -0.870. The first-order valence-corrected chi connectivity index (χ1v) is 7.52. The van der Waals surface area contributed by atoms with Gasteiger partial charge < -0.3 is 9.47 Å². The van der Waals surface area contributed by atoms with Crippen LogP contribution < -0.4 is 0 Å². The molecule has 2 fully saturated rings. The highest BCUT2D eigenvalue weighted by Crippen LogP contribution is 2.34. The first-order valence-electron chi connectivity index (χ1n) is 7.52. The van der Waals surface area contributed by atoms with Gasteiger partial charge in [0, 0.05) is 25.5 Å². The molecule has 1 atom stereocenters. The van der Waals surface area contributed by atoms with E-state index in [1.54, 1.807) is 0 Å². The number of hydrogen-bond acceptors (Lipinski definition) is 3. The summed E-state index contributed by atoms with van der Waals surface area (Å²) in [6.07, 6.45) is 5.92. The minimum Gasteiger partial charge on any atom is -0.381 e. The molecule has 1 aromatic rings. The van der Waals surface area contributed by atoms with Crippen LogP contribution in [0, 0.1) is 13.8 Å². The second-order valence-electron chi connectivity index (χ2n) is 5.74. The minimum atomic E-state index is 0.154. The molecule has 0 saturated carbocycles. The molecule has 0 amide bonds. The smallest absolute Gasteiger partial charge is 0.150 e. The average molecular weight is 264 g/mol. The Morgan fingerprint density at radius 1 is 1.05 bits per heavy atom. The maximum Gasteiger partial charge on any atom is 0.150 e. The minimum absolute atomic E-state index is 0.154. The van der Waals surface area contributed by atoms with Crippen LogP contribution in [0.15, 0.2) is 0 Å². The molecule has 3 heterocycles. The van der Waals surface area contributed by atoms with Crippen LogP contribution in [0.5, 0.6) is 0 Å². The van der Waals surface area contributed by atoms with E-state index in [-0.39, 0.29) is 6.23 Å². The van der Waals surface area contributed by atoms with E-state index in [9.17, 15) is 0 Å². The highest BCUT2D eigenvalue weighted by atomic mass is 16.5. The van der Waals surface area contributed by atoms with Gasteiger partial charge in [0.05, 0.1) is 5.69 Å². The number of rotatable bonds is 2. The van der Waals surface area contributed by atoms with Crippen molar-refractivity contribution in [3.63, 3.8) is 0 Å². The molecule has 1 unspecified atom stereocenters. The zero-order chi connectivity index (χ0) is 13.2. The number of nitrogens with zero attached hydrogens (tertiary/aromatic N) is 2. The summed E-state index contributed by atoms with van der Waals surface area (Å²) < 4.78 is 13.5. The topological polar surface area (TPSA) is 36.3 Å². The highest BCUT2D eigenvalue weighted by Gasteiger charge is 2.26. The Morgan fingerprint density at radius 2 is 1.84 bits per heavy atom. The molecule has 0 N–H and O–H groups in total. The van der Waals surface area contributed by atoms with Crippen molar-refractivity contribution in [3.05, 3.63) is 17.0 Å². The molecule has 19 heavy (non-hydrogen) atoms. The van der Waals surface area contributed by atoms with Crippen LogP contribution in [0.2, 0.25) is 0 Å². The molecule has 1 aromatic heterocycles. The van der Waals surface area contributed by atoms with Crippen molar-refractivity contribution >= 4 is 0 Å². The third-order valence-corrected chi connectivity index (χ3v) is 4.44. The Labute approximate surface area is 115 Å². The summed E-state index contributed by atoms with van der Waals surface area (Å²) in [6.45, 7) is 6.97. The van der Waals surface area contributed by atoms with Gasteiger partial charge in [0.2, 0.25) is 0 Å². The lowest BCUT2D eigenvalue weighted by molar-refractivity contribution is -0.0408. The molecule has 3 rings (SSSR count). The largest absolute Gasteiger partial charge is 0.381 e. The Morgan fingerprint density at radius 3 is 2.53 bits per heavy atom. The monoisotopic (exact) mass is 264 g/mol. The summed E-state index contributed by atoms with van der Waals surface area (Å²) in [5.74, 6) is 0.617. The maximum atomic E-state index is 5.88. The fraction of sp³-hybridized carbons (Fsp3) is 0.800. The summed E-state index contributed by atoms with van der Waals surface area (Å²) in [4.78, 5) is 0. The Balaban J connectivity index is 1.86. The lowest BCUT2D eigenvalue weighted by Gasteiger charge is -2.25. The fourth-order valence-electron chi connectivity index (χ4n) is 3.45. The van der Waals surface area contributed by atoms with E-state index in [1.165, 1.54) is 29.8 Å². The summed E-state index contributed by atoms with van der Waals surface area (Å²) in [6, 6.07) is 0. The van der Waals surface area contributed by atoms with Gasteiger partial charge >= 0.3 is 0 Å². The van der Waals surface area contributed by atoms with Crippen molar-refractivity contribution in [1.82, 2.24) is 9.78 Å². The van der Waals surface area contributed by atoms with Gasteiger partial charge in [-0.25, -0.2) is 4.68 Å². The highest BCUT2D eigenvalue weighted by molar-refractivity contribution is 5.29. The van der Waals surface area contributed by atoms with Crippen LogP contribution in [0.3, 0.4) is 0 Å². The van der Waals surface area contributed by atoms with Gasteiger partial charge in [-0.15, -0.1) is 0 Å². The molecule has 0 radical (unpaired) electrons. The first kappa shape index (κ1) is 13.1. The van der Waals surface area contributed by atoms with E-state index in [1.807, 2.05) is 0 Å². The maximum absolute atomic E-state index is 5.88.